The minimum absolute atomic E-state index is 0.424. The minimum Gasteiger partial charge on any atom is -0.494 e. The minimum atomic E-state index is 0.424. The van der Waals surface area contributed by atoms with Crippen LogP contribution < -0.4 is 10.5 Å². The van der Waals surface area contributed by atoms with Crippen LogP contribution in [0.15, 0.2) is 24.3 Å². The van der Waals surface area contributed by atoms with E-state index >= 15 is 0 Å². The quantitative estimate of drug-likeness (QED) is 0.759. The van der Waals surface area contributed by atoms with E-state index in [-0.39, 0.29) is 0 Å². The Morgan fingerprint density at radius 3 is 2.52 bits per heavy atom. The second-order valence-corrected chi connectivity index (χ2v) is 5.04. The van der Waals surface area contributed by atoms with Crippen LogP contribution in [0.3, 0.4) is 0 Å². The van der Waals surface area contributed by atoms with E-state index in [1.165, 1.54) is 0 Å². The van der Waals surface area contributed by atoms with E-state index in [2.05, 4.69) is 24.2 Å². The maximum atomic E-state index is 5.73. The van der Waals surface area contributed by atoms with Crippen molar-refractivity contribution < 1.29 is 4.74 Å². The van der Waals surface area contributed by atoms with Gasteiger partial charge < -0.3 is 10.5 Å². The third kappa shape index (κ3) is 3.82. The normalized spacial score (nSPS) is 10.8. The van der Waals surface area contributed by atoms with Crippen molar-refractivity contribution in [3.05, 3.63) is 35.7 Å². The Morgan fingerprint density at radius 1 is 1.14 bits per heavy atom. The Morgan fingerprint density at radius 2 is 1.90 bits per heavy atom. The lowest BCUT2D eigenvalue weighted by Gasteiger charge is -2.09. The summed E-state index contributed by atoms with van der Waals surface area (Å²) in [6.07, 6.45) is 4.18. The van der Waals surface area contributed by atoms with Gasteiger partial charge in [0.15, 0.2) is 0 Å². The van der Waals surface area contributed by atoms with Gasteiger partial charge in [0.25, 0.3) is 0 Å². The third-order valence-corrected chi connectivity index (χ3v) is 3.37. The highest BCUT2D eigenvalue weighted by Gasteiger charge is 2.12. The van der Waals surface area contributed by atoms with E-state index in [0.717, 1.165) is 55.1 Å². The topological polar surface area (TPSA) is 66.0 Å². The molecule has 5 nitrogen and oxygen atoms in total. The van der Waals surface area contributed by atoms with E-state index in [1.54, 1.807) is 0 Å². The van der Waals surface area contributed by atoms with Crippen molar-refractivity contribution in [3.8, 4) is 11.4 Å². The van der Waals surface area contributed by atoms with Crippen molar-refractivity contribution in [2.45, 2.75) is 46.1 Å². The van der Waals surface area contributed by atoms with Crippen LogP contribution >= 0.6 is 0 Å². The average Bonchev–Trinajstić information content (AvgIpc) is 2.91. The molecule has 0 amide bonds. The smallest absolute Gasteiger partial charge is 0.119 e. The van der Waals surface area contributed by atoms with Gasteiger partial charge in [-0.15, -0.1) is 5.10 Å². The standard InChI is InChI=1S/C16H24N4O/c1-3-5-11-21-14-9-7-13(8-10-14)20-16(6-4-2)15(12-17)18-19-20/h7-10H,3-6,11-12,17H2,1-2H3. The Hall–Kier alpha value is -1.88. The lowest BCUT2D eigenvalue weighted by molar-refractivity contribution is 0.309. The van der Waals surface area contributed by atoms with Gasteiger partial charge in [-0.05, 0) is 37.1 Å². The first-order chi connectivity index (χ1) is 10.3. The van der Waals surface area contributed by atoms with Crippen LogP contribution in [0.4, 0.5) is 0 Å². The lowest BCUT2D eigenvalue weighted by atomic mass is 10.2. The summed E-state index contributed by atoms with van der Waals surface area (Å²) >= 11 is 0. The summed E-state index contributed by atoms with van der Waals surface area (Å²) in [5, 5.41) is 8.40. The predicted octanol–water partition coefficient (Wildman–Crippen LogP) is 2.86. The lowest BCUT2D eigenvalue weighted by Crippen LogP contribution is -2.06. The number of nitrogens with two attached hydrogens (primary N) is 1. The molecule has 1 heterocycles. The largest absolute Gasteiger partial charge is 0.494 e. The molecule has 2 aromatic rings. The number of benzene rings is 1. The number of rotatable bonds is 8. The molecule has 0 saturated heterocycles. The van der Waals surface area contributed by atoms with Crippen LogP contribution in [0.2, 0.25) is 0 Å². The molecule has 1 aromatic heterocycles. The SMILES string of the molecule is CCCCOc1ccc(-n2nnc(CN)c2CCC)cc1. The molecule has 1 aromatic carbocycles. The van der Waals surface area contributed by atoms with Crippen molar-refractivity contribution in [2.75, 3.05) is 6.61 Å². The van der Waals surface area contributed by atoms with E-state index in [1.807, 2.05) is 28.9 Å². The summed E-state index contributed by atoms with van der Waals surface area (Å²) in [6.45, 7) is 5.48. The Labute approximate surface area is 126 Å². The second kappa shape index (κ2) is 7.78. The molecule has 5 heteroatoms. The van der Waals surface area contributed by atoms with Gasteiger partial charge in [0, 0.05) is 6.54 Å². The van der Waals surface area contributed by atoms with Gasteiger partial charge in [-0.2, -0.15) is 0 Å². The van der Waals surface area contributed by atoms with E-state index in [0.29, 0.717) is 6.54 Å². The Kier molecular flexibility index (Phi) is 5.75. The molecule has 0 unspecified atom stereocenters. The summed E-state index contributed by atoms with van der Waals surface area (Å²) in [5.41, 5.74) is 8.69. The van der Waals surface area contributed by atoms with Crippen LogP contribution in [0.25, 0.3) is 5.69 Å². The van der Waals surface area contributed by atoms with Crippen molar-refractivity contribution in [1.29, 1.82) is 0 Å². The molecule has 0 atom stereocenters. The maximum absolute atomic E-state index is 5.73. The van der Waals surface area contributed by atoms with Gasteiger partial charge in [-0.25, -0.2) is 4.68 Å². The molecule has 0 bridgehead atoms. The van der Waals surface area contributed by atoms with Gasteiger partial charge in [0.05, 0.1) is 23.7 Å². The summed E-state index contributed by atoms with van der Waals surface area (Å²) in [6, 6.07) is 7.97. The van der Waals surface area contributed by atoms with Crippen LogP contribution in [0.5, 0.6) is 5.75 Å². The van der Waals surface area contributed by atoms with Gasteiger partial charge in [-0.3, -0.25) is 0 Å². The third-order valence-electron chi connectivity index (χ3n) is 3.37. The molecular weight excluding hydrogens is 264 g/mol. The maximum Gasteiger partial charge on any atom is 0.119 e. The van der Waals surface area contributed by atoms with E-state index in [4.69, 9.17) is 10.5 Å². The molecule has 114 valence electrons. The summed E-state index contributed by atoms with van der Waals surface area (Å²) in [4.78, 5) is 0. The zero-order chi connectivity index (χ0) is 15.1. The number of aromatic nitrogens is 3. The molecule has 0 aliphatic rings. The molecule has 0 aliphatic heterocycles. The van der Waals surface area contributed by atoms with Crippen molar-refractivity contribution >= 4 is 0 Å². The number of ether oxygens (including phenoxy) is 1. The number of hydrogen-bond donors (Lipinski definition) is 1. The highest BCUT2D eigenvalue weighted by Crippen LogP contribution is 2.18. The zero-order valence-electron chi connectivity index (χ0n) is 12.9. The fourth-order valence-electron chi connectivity index (χ4n) is 2.20. The zero-order valence-corrected chi connectivity index (χ0v) is 12.9. The average molecular weight is 288 g/mol. The molecule has 21 heavy (non-hydrogen) atoms. The van der Waals surface area contributed by atoms with Crippen LogP contribution in [0, 0.1) is 0 Å². The highest BCUT2D eigenvalue weighted by atomic mass is 16.5. The van der Waals surface area contributed by atoms with Crippen molar-refractivity contribution in [2.24, 2.45) is 5.73 Å². The van der Waals surface area contributed by atoms with Crippen LogP contribution in [0.1, 0.15) is 44.5 Å². The molecule has 0 aliphatic carbocycles. The highest BCUT2D eigenvalue weighted by molar-refractivity contribution is 5.38. The molecule has 0 radical (unpaired) electrons. The predicted molar refractivity (Wildman–Crippen MR) is 83.6 cm³/mol. The Bertz CT molecular complexity index is 548. The summed E-state index contributed by atoms with van der Waals surface area (Å²) < 4.78 is 7.55. The molecular formula is C16H24N4O. The molecule has 2 rings (SSSR count). The first kappa shape index (κ1) is 15.5. The fourth-order valence-corrected chi connectivity index (χ4v) is 2.20. The van der Waals surface area contributed by atoms with Crippen LogP contribution in [-0.4, -0.2) is 21.6 Å². The first-order valence-corrected chi connectivity index (χ1v) is 7.66. The van der Waals surface area contributed by atoms with Crippen molar-refractivity contribution in [3.63, 3.8) is 0 Å². The van der Waals surface area contributed by atoms with E-state index < -0.39 is 0 Å². The van der Waals surface area contributed by atoms with Gasteiger partial charge in [-0.1, -0.05) is 31.9 Å². The fraction of sp³-hybridized carbons (Fsp3) is 0.500. The molecule has 0 saturated carbocycles. The number of unbranched alkanes of at least 4 members (excludes halogenated alkanes) is 1. The summed E-state index contributed by atoms with van der Waals surface area (Å²) in [7, 11) is 0. The number of nitrogens with zero attached hydrogens (tertiary/aromatic N) is 3. The van der Waals surface area contributed by atoms with Gasteiger partial charge in [0.2, 0.25) is 0 Å². The summed E-state index contributed by atoms with van der Waals surface area (Å²) in [5.74, 6) is 0.892. The molecule has 0 spiro atoms. The first-order valence-electron chi connectivity index (χ1n) is 7.66. The van der Waals surface area contributed by atoms with Gasteiger partial charge >= 0.3 is 0 Å². The van der Waals surface area contributed by atoms with Crippen molar-refractivity contribution in [1.82, 2.24) is 15.0 Å². The van der Waals surface area contributed by atoms with E-state index in [9.17, 15) is 0 Å². The van der Waals surface area contributed by atoms with Gasteiger partial charge in [0.1, 0.15) is 5.75 Å². The second-order valence-electron chi connectivity index (χ2n) is 5.04. The monoisotopic (exact) mass is 288 g/mol. The van der Waals surface area contributed by atoms with Crippen LogP contribution in [-0.2, 0) is 13.0 Å². The Balaban J connectivity index is 2.16. The molecule has 0 fully saturated rings. The molecule has 2 N–H and O–H groups in total. The number of hydrogen-bond acceptors (Lipinski definition) is 4.